The Morgan fingerprint density at radius 2 is 2.19 bits per heavy atom. The molecule has 1 N–H and O–H groups in total. The molecular weight excluding hydrogens is 202 g/mol. The molecule has 0 radical (unpaired) electrons. The van der Waals surface area contributed by atoms with E-state index in [-0.39, 0.29) is 11.5 Å². The average molecular weight is 215 g/mol. The summed E-state index contributed by atoms with van der Waals surface area (Å²) in [5, 5.41) is 9.32. The van der Waals surface area contributed by atoms with Crippen molar-refractivity contribution >= 4 is 5.78 Å². The number of aromatic nitrogens is 1. The van der Waals surface area contributed by atoms with Gasteiger partial charge in [-0.3, -0.25) is 4.79 Å². The first-order valence-electron chi connectivity index (χ1n) is 5.10. The van der Waals surface area contributed by atoms with E-state index >= 15 is 0 Å². The highest BCUT2D eigenvalue weighted by Gasteiger charge is 2.02. The summed E-state index contributed by atoms with van der Waals surface area (Å²) in [5.74, 6) is 0.325. The van der Waals surface area contributed by atoms with Gasteiger partial charge in [-0.05, 0) is 30.7 Å². The van der Waals surface area contributed by atoms with E-state index in [0.29, 0.717) is 12.1 Å². The molecule has 0 aliphatic rings. The monoisotopic (exact) mass is 215 g/mol. The van der Waals surface area contributed by atoms with Crippen molar-refractivity contribution in [3.05, 3.63) is 53.9 Å². The molecule has 0 unspecified atom stereocenters. The van der Waals surface area contributed by atoms with Gasteiger partial charge in [0.15, 0.2) is 5.78 Å². The normalized spacial score (nSPS) is 10.3. The highest BCUT2D eigenvalue weighted by Crippen LogP contribution is 2.13. The van der Waals surface area contributed by atoms with Crippen molar-refractivity contribution in [2.75, 3.05) is 0 Å². The molecule has 0 bridgehead atoms. The minimum atomic E-state index is 0.0645. The highest BCUT2D eigenvalue weighted by atomic mass is 16.3. The summed E-state index contributed by atoms with van der Waals surface area (Å²) >= 11 is 0. The number of ketones is 1. The van der Waals surface area contributed by atoms with E-state index in [0.717, 1.165) is 5.56 Å². The smallest absolute Gasteiger partial charge is 0.161 e. The van der Waals surface area contributed by atoms with Crippen LogP contribution in [0.15, 0.2) is 42.7 Å². The molecule has 2 aromatic rings. The highest BCUT2D eigenvalue weighted by molar-refractivity contribution is 5.93. The molecule has 82 valence electrons. The molecule has 1 heterocycles. The molecule has 0 amide bonds. The molecular formula is C13H13NO2. The number of phenols is 1. The number of carbonyl (C=O) groups is 1. The van der Waals surface area contributed by atoms with Gasteiger partial charge in [0.25, 0.3) is 0 Å². The van der Waals surface area contributed by atoms with Gasteiger partial charge in [0.1, 0.15) is 5.75 Å². The first kappa shape index (κ1) is 10.5. The van der Waals surface area contributed by atoms with E-state index in [4.69, 9.17) is 0 Å². The number of phenolic OH excluding ortho intramolecular Hbond substituents is 1. The summed E-state index contributed by atoms with van der Waals surface area (Å²) in [4.78, 5) is 11.1. The van der Waals surface area contributed by atoms with Crippen LogP contribution in [0.2, 0.25) is 0 Å². The summed E-state index contributed by atoms with van der Waals surface area (Å²) < 4.78 is 1.92. The molecule has 0 saturated heterocycles. The Morgan fingerprint density at radius 3 is 2.81 bits per heavy atom. The second kappa shape index (κ2) is 4.23. The van der Waals surface area contributed by atoms with E-state index in [1.807, 2.05) is 23.0 Å². The molecule has 0 saturated carbocycles. The van der Waals surface area contributed by atoms with Crippen LogP contribution < -0.4 is 0 Å². The van der Waals surface area contributed by atoms with Crippen molar-refractivity contribution < 1.29 is 9.90 Å². The van der Waals surface area contributed by atoms with E-state index in [9.17, 15) is 9.90 Å². The van der Waals surface area contributed by atoms with E-state index in [1.54, 1.807) is 31.2 Å². The van der Waals surface area contributed by atoms with Gasteiger partial charge in [-0.15, -0.1) is 0 Å². The zero-order valence-corrected chi connectivity index (χ0v) is 9.05. The second-order valence-corrected chi connectivity index (χ2v) is 3.80. The predicted molar refractivity (Wildman–Crippen MR) is 61.6 cm³/mol. The topological polar surface area (TPSA) is 42.2 Å². The summed E-state index contributed by atoms with van der Waals surface area (Å²) in [5.41, 5.74) is 1.71. The number of rotatable bonds is 3. The van der Waals surface area contributed by atoms with Crippen LogP contribution in [-0.4, -0.2) is 15.5 Å². The van der Waals surface area contributed by atoms with Crippen molar-refractivity contribution in [1.82, 2.24) is 4.57 Å². The number of aromatic hydroxyl groups is 1. The zero-order valence-electron chi connectivity index (χ0n) is 9.05. The Kier molecular flexibility index (Phi) is 2.77. The maximum Gasteiger partial charge on any atom is 0.161 e. The lowest BCUT2D eigenvalue weighted by Crippen LogP contribution is -1.96. The van der Waals surface area contributed by atoms with Gasteiger partial charge in [-0.1, -0.05) is 12.1 Å². The fourth-order valence-electron chi connectivity index (χ4n) is 1.61. The number of carbonyl (C=O) groups excluding carboxylic acids is 1. The largest absolute Gasteiger partial charge is 0.508 e. The van der Waals surface area contributed by atoms with Crippen molar-refractivity contribution in [1.29, 1.82) is 0 Å². The van der Waals surface area contributed by atoms with Crippen LogP contribution in [0.4, 0.5) is 0 Å². The average Bonchev–Trinajstić information content (AvgIpc) is 2.66. The maximum absolute atomic E-state index is 11.1. The third kappa shape index (κ3) is 2.31. The molecule has 1 aromatic heterocycles. The molecule has 1 aromatic carbocycles. The number of nitrogens with zero attached hydrogens (tertiary/aromatic N) is 1. The Bertz CT molecular complexity index is 514. The zero-order chi connectivity index (χ0) is 11.5. The van der Waals surface area contributed by atoms with E-state index in [1.165, 1.54) is 0 Å². The van der Waals surface area contributed by atoms with Gasteiger partial charge in [0.2, 0.25) is 0 Å². The van der Waals surface area contributed by atoms with Gasteiger partial charge in [0.05, 0.1) is 0 Å². The second-order valence-electron chi connectivity index (χ2n) is 3.80. The Balaban J connectivity index is 2.17. The molecule has 0 fully saturated rings. The third-order valence-electron chi connectivity index (χ3n) is 2.43. The van der Waals surface area contributed by atoms with Gasteiger partial charge < -0.3 is 9.67 Å². The van der Waals surface area contributed by atoms with Crippen LogP contribution in [0.1, 0.15) is 22.8 Å². The minimum absolute atomic E-state index is 0.0645. The number of hydrogen-bond donors (Lipinski definition) is 1. The van der Waals surface area contributed by atoms with Crippen LogP contribution >= 0.6 is 0 Å². The van der Waals surface area contributed by atoms with Gasteiger partial charge in [0, 0.05) is 24.5 Å². The molecule has 0 atom stereocenters. The van der Waals surface area contributed by atoms with Gasteiger partial charge in [-0.2, -0.15) is 0 Å². The Morgan fingerprint density at radius 1 is 1.38 bits per heavy atom. The molecule has 3 nitrogen and oxygen atoms in total. The summed E-state index contributed by atoms with van der Waals surface area (Å²) in [7, 11) is 0. The maximum atomic E-state index is 11.1. The van der Waals surface area contributed by atoms with Crippen LogP contribution in [0.25, 0.3) is 0 Å². The lowest BCUT2D eigenvalue weighted by molar-refractivity contribution is 0.101. The molecule has 0 aliphatic carbocycles. The lowest BCUT2D eigenvalue weighted by atomic mass is 10.2. The lowest BCUT2D eigenvalue weighted by Gasteiger charge is -2.03. The van der Waals surface area contributed by atoms with Crippen LogP contribution in [0.5, 0.6) is 5.75 Å². The molecule has 16 heavy (non-hydrogen) atoms. The Labute approximate surface area is 94.0 Å². The molecule has 3 heteroatoms. The van der Waals surface area contributed by atoms with Crippen molar-refractivity contribution in [3.8, 4) is 5.75 Å². The predicted octanol–water partition coefficient (Wildman–Crippen LogP) is 2.44. The summed E-state index contributed by atoms with van der Waals surface area (Å²) in [6.07, 6.45) is 3.67. The number of Topliss-reactive ketones (excluding diaryl/α,β-unsaturated/α-hetero) is 1. The fraction of sp³-hybridized carbons (Fsp3) is 0.154. The first-order valence-corrected chi connectivity index (χ1v) is 5.10. The summed E-state index contributed by atoms with van der Waals surface area (Å²) in [6, 6.07) is 8.89. The van der Waals surface area contributed by atoms with Crippen LogP contribution in [-0.2, 0) is 6.54 Å². The molecule has 0 spiro atoms. The third-order valence-corrected chi connectivity index (χ3v) is 2.43. The quantitative estimate of drug-likeness (QED) is 0.799. The molecule has 0 aliphatic heterocycles. The van der Waals surface area contributed by atoms with Crippen molar-refractivity contribution in [2.24, 2.45) is 0 Å². The molecule has 2 rings (SSSR count). The van der Waals surface area contributed by atoms with Crippen LogP contribution in [0, 0.1) is 0 Å². The Hall–Kier alpha value is -2.03. The van der Waals surface area contributed by atoms with Gasteiger partial charge in [-0.25, -0.2) is 0 Å². The number of benzene rings is 1. The standard InChI is InChI=1S/C13H13NO2/c1-10(15)12-5-6-14(9-12)8-11-3-2-4-13(16)7-11/h2-7,9,16H,8H2,1H3. The van der Waals surface area contributed by atoms with E-state index < -0.39 is 0 Å². The van der Waals surface area contributed by atoms with E-state index in [2.05, 4.69) is 0 Å². The first-order chi connectivity index (χ1) is 7.65. The number of hydrogen-bond acceptors (Lipinski definition) is 2. The fourth-order valence-corrected chi connectivity index (χ4v) is 1.61. The van der Waals surface area contributed by atoms with Gasteiger partial charge >= 0.3 is 0 Å². The van der Waals surface area contributed by atoms with Crippen molar-refractivity contribution in [2.45, 2.75) is 13.5 Å². The minimum Gasteiger partial charge on any atom is -0.508 e. The summed E-state index contributed by atoms with van der Waals surface area (Å²) in [6.45, 7) is 2.20. The van der Waals surface area contributed by atoms with Crippen molar-refractivity contribution in [3.63, 3.8) is 0 Å². The SMILES string of the molecule is CC(=O)c1ccn(Cc2cccc(O)c2)c1. The van der Waals surface area contributed by atoms with Crippen LogP contribution in [0.3, 0.4) is 0 Å².